The van der Waals surface area contributed by atoms with Crippen LogP contribution in [0.2, 0.25) is 0 Å². The number of alkyl halides is 3. The number of halogens is 3. The zero-order valence-electron chi connectivity index (χ0n) is 12.3. The second-order valence-corrected chi connectivity index (χ2v) is 5.57. The molecule has 1 aromatic rings. The SMILES string of the molecule is O=C(NCC#Cc1cccc(C(F)(F)F)c1)NCC1(CO)CC1. The lowest BCUT2D eigenvalue weighted by Gasteiger charge is -2.12. The highest BCUT2D eigenvalue weighted by atomic mass is 19.4. The third-order valence-corrected chi connectivity index (χ3v) is 3.68. The Morgan fingerprint density at radius 1 is 1.30 bits per heavy atom. The first-order valence-corrected chi connectivity index (χ1v) is 7.13. The van der Waals surface area contributed by atoms with Gasteiger partial charge in [0, 0.05) is 17.5 Å². The van der Waals surface area contributed by atoms with Crippen LogP contribution in [0, 0.1) is 17.3 Å². The molecule has 0 spiro atoms. The van der Waals surface area contributed by atoms with Gasteiger partial charge in [-0.25, -0.2) is 4.79 Å². The van der Waals surface area contributed by atoms with Gasteiger partial charge in [-0.15, -0.1) is 0 Å². The minimum absolute atomic E-state index is 0.0220. The van der Waals surface area contributed by atoms with Crippen molar-refractivity contribution in [3.05, 3.63) is 35.4 Å². The van der Waals surface area contributed by atoms with Crippen LogP contribution in [0.5, 0.6) is 0 Å². The molecule has 2 amide bonds. The van der Waals surface area contributed by atoms with E-state index >= 15 is 0 Å². The fraction of sp³-hybridized carbons (Fsp3) is 0.438. The van der Waals surface area contributed by atoms with Crippen LogP contribution in [0.15, 0.2) is 24.3 Å². The number of hydrogen-bond donors (Lipinski definition) is 3. The molecule has 0 atom stereocenters. The fourth-order valence-corrected chi connectivity index (χ4v) is 1.94. The van der Waals surface area contributed by atoms with Gasteiger partial charge in [0.25, 0.3) is 0 Å². The molecule has 124 valence electrons. The van der Waals surface area contributed by atoms with Gasteiger partial charge in [0.1, 0.15) is 0 Å². The van der Waals surface area contributed by atoms with Crippen molar-refractivity contribution < 1.29 is 23.1 Å². The topological polar surface area (TPSA) is 61.4 Å². The molecule has 1 aliphatic carbocycles. The first-order chi connectivity index (χ1) is 10.8. The molecule has 0 saturated heterocycles. The standard InChI is InChI=1S/C16H17F3N2O2/c17-16(18,19)13-5-1-3-12(9-13)4-2-8-20-14(23)21-10-15(11-22)6-7-15/h1,3,5,9,22H,6-8,10-11H2,(H2,20,21,23). The van der Waals surface area contributed by atoms with Gasteiger partial charge in [-0.2, -0.15) is 13.2 Å². The number of aliphatic hydroxyl groups is 1. The maximum absolute atomic E-state index is 12.5. The number of rotatable bonds is 4. The molecule has 0 heterocycles. The molecule has 0 aromatic heterocycles. The molecule has 0 unspecified atom stereocenters. The number of aliphatic hydroxyl groups excluding tert-OH is 1. The van der Waals surface area contributed by atoms with E-state index in [1.54, 1.807) is 0 Å². The van der Waals surface area contributed by atoms with E-state index in [-0.39, 0.29) is 24.1 Å². The highest BCUT2D eigenvalue weighted by Gasteiger charge is 2.42. The summed E-state index contributed by atoms with van der Waals surface area (Å²) in [7, 11) is 0. The predicted octanol–water partition coefficient (Wildman–Crippen LogP) is 2.13. The largest absolute Gasteiger partial charge is 0.416 e. The van der Waals surface area contributed by atoms with Crippen molar-refractivity contribution in [3.8, 4) is 11.8 Å². The number of hydrogen-bond acceptors (Lipinski definition) is 2. The molecule has 1 aromatic carbocycles. The summed E-state index contributed by atoms with van der Waals surface area (Å²) in [5.74, 6) is 5.18. The minimum Gasteiger partial charge on any atom is -0.396 e. The molecule has 1 aliphatic rings. The van der Waals surface area contributed by atoms with Crippen LogP contribution >= 0.6 is 0 Å². The Morgan fingerprint density at radius 3 is 2.65 bits per heavy atom. The van der Waals surface area contributed by atoms with Gasteiger partial charge in [-0.05, 0) is 31.0 Å². The van der Waals surface area contributed by atoms with Crippen LogP contribution in [0.25, 0.3) is 0 Å². The zero-order chi connectivity index (χ0) is 16.9. The van der Waals surface area contributed by atoms with Crippen molar-refractivity contribution in [2.45, 2.75) is 19.0 Å². The van der Waals surface area contributed by atoms with Crippen LogP contribution in [-0.4, -0.2) is 30.8 Å². The van der Waals surface area contributed by atoms with E-state index in [1.165, 1.54) is 12.1 Å². The van der Waals surface area contributed by atoms with E-state index < -0.39 is 17.8 Å². The molecule has 1 saturated carbocycles. The zero-order valence-corrected chi connectivity index (χ0v) is 12.3. The third kappa shape index (κ3) is 5.18. The summed E-state index contributed by atoms with van der Waals surface area (Å²) in [4.78, 5) is 11.5. The van der Waals surface area contributed by atoms with Gasteiger partial charge in [0.05, 0.1) is 18.7 Å². The Hall–Kier alpha value is -2.20. The van der Waals surface area contributed by atoms with Crippen LogP contribution in [0.3, 0.4) is 0 Å². The monoisotopic (exact) mass is 326 g/mol. The molecule has 0 bridgehead atoms. The second-order valence-electron chi connectivity index (χ2n) is 5.57. The average Bonchev–Trinajstić information content (AvgIpc) is 3.30. The van der Waals surface area contributed by atoms with Gasteiger partial charge in [-0.1, -0.05) is 17.9 Å². The van der Waals surface area contributed by atoms with E-state index in [9.17, 15) is 18.0 Å². The molecule has 7 heteroatoms. The lowest BCUT2D eigenvalue weighted by atomic mass is 10.1. The molecule has 1 fully saturated rings. The summed E-state index contributed by atoms with van der Waals surface area (Å²) in [6.45, 7) is 0.466. The number of carbonyl (C=O) groups excluding carboxylic acids is 1. The number of urea groups is 1. The molecule has 4 nitrogen and oxygen atoms in total. The Balaban J connectivity index is 1.78. The van der Waals surface area contributed by atoms with Crippen LogP contribution < -0.4 is 10.6 Å². The predicted molar refractivity (Wildman–Crippen MR) is 78.5 cm³/mol. The van der Waals surface area contributed by atoms with E-state index in [4.69, 9.17) is 5.11 Å². The fourth-order valence-electron chi connectivity index (χ4n) is 1.94. The quantitative estimate of drug-likeness (QED) is 0.742. The van der Waals surface area contributed by atoms with Crippen LogP contribution in [0.1, 0.15) is 24.0 Å². The van der Waals surface area contributed by atoms with Gasteiger partial charge in [-0.3, -0.25) is 0 Å². The van der Waals surface area contributed by atoms with Crippen molar-refractivity contribution in [2.75, 3.05) is 19.7 Å². The van der Waals surface area contributed by atoms with E-state index in [0.717, 1.165) is 25.0 Å². The lowest BCUT2D eigenvalue weighted by Crippen LogP contribution is -2.39. The maximum atomic E-state index is 12.5. The molecule has 3 N–H and O–H groups in total. The third-order valence-electron chi connectivity index (χ3n) is 3.68. The summed E-state index contributed by atoms with van der Waals surface area (Å²) in [5, 5.41) is 14.2. The first-order valence-electron chi connectivity index (χ1n) is 7.13. The molecule has 0 radical (unpaired) electrons. The molecular formula is C16H17F3N2O2. The number of amides is 2. The van der Waals surface area contributed by atoms with Crippen molar-refractivity contribution in [1.29, 1.82) is 0 Å². The van der Waals surface area contributed by atoms with Crippen molar-refractivity contribution >= 4 is 6.03 Å². The molecule has 0 aliphatic heterocycles. The number of nitrogens with one attached hydrogen (secondary N) is 2. The maximum Gasteiger partial charge on any atom is 0.416 e. The minimum atomic E-state index is -4.40. The summed E-state index contributed by atoms with van der Waals surface area (Å²) < 4.78 is 37.6. The van der Waals surface area contributed by atoms with Crippen LogP contribution in [0.4, 0.5) is 18.0 Å². The van der Waals surface area contributed by atoms with Gasteiger partial charge >= 0.3 is 12.2 Å². The van der Waals surface area contributed by atoms with Crippen molar-refractivity contribution in [3.63, 3.8) is 0 Å². The summed E-state index contributed by atoms with van der Waals surface area (Å²) in [6, 6.07) is 4.29. The Labute approximate surface area is 132 Å². The normalized spacial score (nSPS) is 15.3. The summed E-state index contributed by atoms with van der Waals surface area (Å²) in [5.41, 5.74) is -0.700. The summed E-state index contributed by atoms with van der Waals surface area (Å²) in [6.07, 6.45) is -2.63. The van der Waals surface area contributed by atoms with E-state index in [0.29, 0.717) is 6.54 Å². The second kappa shape index (κ2) is 6.92. The average molecular weight is 326 g/mol. The van der Waals surface area contributed by atoms with E-state index in [1.807, 2.05) is 0 Å². The van der Waals surface area contributed by atoms with E-state index in [2.05, 4.69) is 22.5 Å². The Kier molecular flexibility index (Phi) is 5.16. The Bertz CT molecular complexity index is 628. The highest BCUT2D eigenvalue weighted by Crippen LogP contribution is 2.44. The van der Waals surface area contributed by atoms with Crippen molar-refractivity contribution in [1.82, 2.24) is 10.6 Å². The summed E-state index contributed by atoms with van der Waals surface area (Å²) >= 11 is 0. The van der Waals surface area contributed by atoms with Gasteiger partial charge in [0.15, 0.2) is 0 Å². The first kappa shape index (κ1) is 17.2. The van der Waals surface area contributed by atoms with Gasteiger partial charge in [0.2, 0.25) is 0 Å². The molecule has 2 rings (SSSR count). The number of benzene rings is 1. The van der Waals surface area contributed by atoms with Crippen LogP contribution in [-0.2, 0) is 6.18 Å². The smallest absolute Gasteiger partial charge is 0.396 e. The number of carbonyl (C=O) groups is 1. The van der Waals surface area contributed by atoms with Crippen molar-refractivity contribution in [2.24, 2.45) is 5.41 Å². The molecule has 23 heavy (non-hydrogen) atoms. The molecular weight excluding hydrogens is 309 g/mol. The Morgan fingerprint density at radius 2 is 2.04 bits per heavy atom. The highest BCUT2D eigenvalue weighted by molar-refractivity contribution is 5.74. The van der Waals surface area contributed by atoms with Gasteiger partial charge < -0.3 is 15.7 Å². The lowest BCUT2D eigenvalue weighted by molar-refractivity contribution is -0.137.